The molecule has 112 valence electrons. The fraction of sp³-hybridized carbons (Fsp3) is 0.188. The highest BCUT2D eigenvalue weighted by atomic mass is 79.9. The van der Waals surface area contributed by atoms with Crippen molar-refractivity contribution in [2.24, 2.45) is 0 Å². The van der Waals surface area contributed by atoms with Crippen LogP contribution >= 0.6 is 15.9 Å². The van der Waals surface area contributed by atoms with Gasteiger partial charge in [0.05, 0.1) is 11.1 Å². The van der Waals surface area contributed by atoms with Crippen LogP contribution in [0.3, 0.4) is 0 Å². The Labute approximate surface area is 135 Å². The average Bonchev–Trinajstić information content (AvgIpc) is 2.74. The number of rotatable bonds is 3. The molecule has 1 aliphatic rings. The van der Waals surface area contributed by atoms with Gasteiger partial charge in [0.1, 0.15) is 0 Å². The van der Waals surface area contributed by atoms with Crippen LogP contribution in [-0.2, 0) is 6.54 Å². The van der Waals surface area contributed by atoms with E-state index in [1.165, 1.54) is 9.47 Å². The number of amides is 2. The van der Waals surface area contributed by atoms with Crippen molar-refractivity contribution in [3.63, 3.8) is 0 Å². The number of aromatic nitrogens is 1. The highest BCUT2D eigenvalue weighted by Gasteiger charge is 2.34. The van der Waals surface area contributed by atoms with E-state index in [1.54, 1.807) is 43.5 Å². The summed E-state index contributed by atoms with van der Waals surface area (Å²) in [5.41, 5.74) is 1.33. The number of pyridine rings is 1. The Morgan fingerprint density at radius 3 is 2.18 bits per heavy atom. The predicted octanol–water partition coefficient (Wildman–Crippen LogP) is 2.22. The van der Waals surface area contributed by atoms with E-state index in [2.05, 4.69) is 15.9 Å². The summed E-state index contributed by atoms with van der Waals surface area (Å²) < 4.78 is 2.29. The molecule has 22 heavy (non-hydrogen) atoms. The topological polar surface area (TPSA) is 59.4 Å². The zero-order valence-corrected chi connectivity index (χ0v) is 13.5. The number of benzene rings is 1. The van der Waals surface area contributed by atoms with E-state index in [0.29, 0.717) is 16.7 Å². The number of nitrogens with zero attached hydrogens (tertiary/aromatic N) is 2. The Hall–Kier alpha value is -2.21. The van der Waals surface area contributed by atoms with Crippen molar-refractivity contribution in [3.05, 3.63) is 68.0 Å². The van der Waals surface area contributed by atoms with Gasteiger partial charge in [-0.2, -0.15) is 0 Å². The summed E-state index contributed by atoms with van der Waals surface area (Å²) in [6.07, 6.45) is 1.66. The lowest BCUT2D eigenvalue weighted by molar-refractivity contribution is 0.0648. The maximum atomic E-state index is 12.3. The second kappa shape index (κ2) is 5.53. The molecule has 0 bridgehead atoms. The van der Waals surface area contributed by atoms with E-state index in [9.17, 15) is 14.4 Å². The third kappa shape index (κ3) is 2.39. The molecule has 0 atom stereocenters. The zero-order valence-electron chi connectivity index (χ0n) is 11.9. The van der Waals surface area contributed by atoms with Gasteiger partial charge in [0.25, 0.3) is 17.4 Å². The fourth-order valence-corrected chi connectivity index (χ4v) is 3.15. The van der Waals surface area contributed by atoms with Gasteiger partial charge in [0.15, 0.2) is 0 Å². The molecule has 1 aromatic carbocycles. The molecule has 0 fully saturated rings. The molecule has 0 unspecified atom stereocenters. The molecule has 5 nitrogen and oxygen atoms in total. The van der Waals surface area contributed by atoms with E-state index in [-0.39, 0.29) is 30.5 Å². The Morgan fingerprint density at radius 2 is 1.59 bits per heavy atom. The van der Waals surface area contributed by atoms with Gasteiger partial charge in [-0.1, -0.05) is 12.1 Å². The van der Waals surface area contributed by atoms with Crippen LogP contribution in [0.15, 0.2) is 45.8 Å². The fourth-order valence-electron chi connectivity index (χ4n) is 2.56. The maximum absolute atomic E-state index is 12.3. The first-order valence-electron chi connectivity index (χ1n) is 6.81. The molecule has 2 aromatic rings. The van der Waals surface area contributed by atoms with Crippen LogP contribution < -0.4 is 5.56 Å². The molecule has 0 spiro atoms. The second-order valence-corrected chi connectivity index (χ2v) is 6.06. The number of fused-ring (bicyclic) bond motifs is 1. The first kappa shape index (κ1) is 14.7. The van der Waals surface area contributed by atoms with Crippen LogP contribution in [0.5, 0.6) is 0 Å². The van der Waals surface area contributed by atoms with E-state index >= 15 is 0 Å². The van der Waals surface area contributed by atoms with Gasteiger partial charge in [-0.3, -0.25) is 19.3 Å². The van der Waals surface area contributed by atoms with E-state index in [0.717, 1.165) is 4.47 Å². The Kier molecular flexibility index (Phi) is 3.70. The average molecular weight is 361 g/mol. The Morgan fingerprint density at radius 1 is 1.00 bits per heavy atom. The first-order chi connectivity index (χ1) is 10.5. The first-order valence-corrected chi connectivity index (χ1v) is 7.60. The van der Waals surface area contributed by atoms with Gasteiger partial charge >= 0.3 is 0 Å². The van der Waals surface area contributed by atoms with Gasteiger partial charge in [-0.15, -0.1) is 0 Å². The second-order valence-electron chi connectivity index (χ2n) is 5.15. The van der Waals surface area contributed by atoms with Crippen molar-refractivity contribution >= 4 is 27.7 Å². The summed E-state index contributed by atoms with van der Waals surface area (Å²) in [7, 11) is 0. The summed E-state index contributed by atoms with van der Waals surface area (Å²) in [5, 5.41) is 0. The summed E-state index contributed by atoms with van der Waals surface area (Å²) in [4.78, 5) is 37.8. The Bertz CT molecular complexity index is 807. The molecule has 0 radical (unpaired) electrons. The van der Waals surface area contributed by atoms with E-state index < -0.39 is 0 Å². The number of imide groups is 1. The van der Waals surface area contributed by atoms with Crippen LogP contribution in [0.4, 0.5) is 0 Å². The van der Waals surface area contributed by atoms with Crippen LogP contribution in [0.25, 0.3) is 0 Å². The standard InChI is InChI=1S/C16H13BrN2O3/c1-10-8-11(17)9-18(14(10)20)6-7-19-15(21)12-4-2-3-5-13(12)16(19)22/h2-5,8-9H,6-7H2,1H3. The molecule has 0 saturated carbocycles. The number of carbonyl (C=O) groups excluding carboxylic acids is 2. The number of hydrogen-bond donors (Lipinski definition) is 0. The number of aryl methyl sites for hydroxylation is 1. The molecule has 1 aliphatic heterocycles. The lowest BCUT2D eigenvalue weighted by atomic mass is 10.1. The third-order valence-corrected chi connectivity index (χ3v) is 4.11. The molecule has 3 rings (SSSR count). The minimum atomic E-state index is -0.305. The van der Waals surface area contributed by atoms with Crippen molar-refractivity contribution in [2.75, 3.05) is 6.54 Å². The molecule has 2 heterocycles. The SMILES string of the molecule is Cc1cc(Br)cn(CCN2C(=O)c3ccccc3C2=O)c1=O. The zero-order chi connectivity index (χ0) is 15.9. The van der Waals surface area contributed by atoms with Gasteiger partial charge < -0.3 is 4.57 Å². The molecular formula is C16H13BrN2O3. The normalized spacial score (nSPS) is 13.6. The van der Waals surface area contributed by atoms with Gasteiger partial charge in [-0.05, 0) is 41.1 Å². The van der Waals surface area contributed by atoms with Crippen molar-refractivity contribution in [1.82, 2.24) is 9.47 Å². The smallest absolute Gasteiger partial charge is 0.261 e. The van der Waals surface area contributed by atoms with Crippen molar-refractivity contribution in [2.45, 2.75) is 13.5 Å². The quantitative estimate of drug-likeness (QED) is 0.788. The maximum Gasteiger partial charge on any atom is 0.261 e. The lowest BCUT2D eigenvalue weighted by Crippen LogP contribution is -2.35. The van der Waals surface area contributed by atoms with E-state index in [1.807, 2.05) is 0 Å². The number of hydrogen-bond acceptors (Lipinski definition) is 3. The molecule has 0 N–H and O–H groups in total. The number of halogens is 1. The summed E-state index contributed by atoms with van der Waals surface area (Å²) in [6, 6.07) is 8.49. The van der Waals surface area contributed by atoms with Crippen LogP contribution in [-0.4, -0.2) is 27.8 Å². The predicted molar refractivity (Wildman–Crippen MR) is 84.9 cm³/mol. The summed E-state index contributed by atoms with van der Waals surface area (Å²) >= 11 is 3.34. The summed E-state index contributed by atoms with van der Waals surface area (Å²) in [6.45, 7) is 2.17. The van der Waals surface area contributed by atoms with Gasteiger partial charge in [-0.25, -0.2) is 0 Å². The van der Waals surface area contributed by atoms with Gasteiger partial charge in [0, 0.05) is 29.3 Å². The largest absolute Gasteiger partial charge is 0.312 e. The molecular weight excluding hydrogens is 348 g/mol. The number of carbonyl (C=O) groups is 2. The highest BCUT2D eigenvalue weighted by molar-refractivity contribution is 9.10. The van der Waals surface area contributed by atoms with Crippen molar-refractivity contribution in [3.8, 4) is 0 Å². The van der Waals surface area contributed by atoms with Crippen LogP contribution in [0.1, 0.15) is 26.3 Å². The molecule has 0 aliphatic carbocycles. The molecule has 2 amide bonds. The minimum Gasteiger partial charge on any atom is -0.312 e. The minimum absolute atomic E-state index is 0.125. The van der Waals surface area contributed by atoms with Crippen LogP contribution in [0.2, 0.25) is 0 Å². The van der Waals surface area contributed by atoms with Crippen molar-refractivity contribution < 1.29 is 9.59 Å². The summed E-state index contributed by atoms with van der Waals surface area (Å²) in [5.74, 6) is -0.610. The van der Waals surface area contributed by atoms with E-state index in [4.69, 9.17) is 0 Å². The molecule has 1 aromatic heterocycles. The van der Waals surface area contributed by atoms with Crippen LogP contribution in [0, 0.1) is 6.92 Å². The van der Waals surface area contributed by atoms with Gasteiger partial charge in [0.2, 0.25) is 0 Å². The lowest BCUT2D eigenvalue weighted by Gasteiger charge is -2.15. The third-order valence-electron chi connectivity index (χ3n) is 3.67. The molecule has 6 heteroatoms. The molecule has 0 saturated heterocycles. The Balaban J connectivity index is 1.83. The van der Waals surface area contributed by atoms with Crippen molar-refractivity contribution in [1.29, 1.82) is 0 Å². The monoisotopic (exact) mass is 360 g/mol. The highest BCUT2D eigenvalue weighted by Crippen LogP contribution is 2.22.